The summed E-state index contributed by atoms with van der Waals surface area (Å²) < 4.78 is 0. The predicted octanol–water partition coefficient (Wildman–Crippen LogP) is 2.23. The van der Waals surface area contributed by atoms with E-state index in [-0.39, 0.29) is 12.1 Å². The Hall–Kier alpha value is -1.35. The van der Waals surface area contributed by atoms with Crippen LogP contribution in [-0.2, 0) is 4.79 Å². The first-order valence-corrected chi connectivity index (χ1v) is 6.83. The summed E-state index contributed by atoms with van der Waals surface area (Å²) in [6, 6.07) is 8.43. The first kappa shape index (κ1) is 11.7. The van der Waals surface area contributed by atoms with Crippen LogP contribution in [0, 0.1) is 12.8 Å². The van der Waals surface area contributed by atoms with Gasteiger partial charge >= 0.3 is 0 Å². The zero-order valence-corrected chi connectivity index (χ0v) is 10.9. The van der Waals surface area contributed by atoms with Crippen LogP contribution in [0.15, 0.2) is 24.3 Å². The van der Waals surface area contributed by atoms with Crippen LogP contribution in [0.4, 0.5) is 0 Å². The van der Waals surface area contributed by atoms with Crippen LogP contribution in [0.3, 0.4) is 0 Å². The fourth-order valence-electron chi connectivity index (χ4n) is 2.66. The fraction of sp³-hybridized carbons (Fsp3) is 0.533. The number of carbonyl (C=O) groups excluding carboxylic acids is 1. The largest absolute Gasteiger partial charge is 0.322 e. The minimum absolute atomic E-state index is 0.0798. The third kappa shape index (κ3) is 2.41. The number of amides is 1. The Morgan fingerprint density at radius 2 is 2.22 bits per heavy atom. The Kier molecular flexibility index (Phi) is 3.08. The highest BCUT2D eigenvalue weighted by Gasteiger charge is 2.32. The zero-order valence-electron chi connectivity index (χ0n) is 10.9. The van der Waals surface area contributed by atoms with Crippen molar-refractivity contribution in [2.24, 2.45) is 5.92 Å². The molecule has 1 N–H and O–H groups in total. The van der Waals surface area contributed by atoms with Gasteiger partial charge in [0.25, 0.3) is 0 Å². The van der Waals surface area contributed by atoms with Gasteiger partial charge in [-0.05, 0) is 24.8 Å². The first-order chi connectivity index (χ1) is 8.74. The monoisotopic (exact) mass is 244 g/mol. The summed E-state index contributed by atoms with van der Waals surface area (Å²) >= 11 is 0. The van der Waals surface area contributed by atoms with Crippen molar-refractivity contribution in [3.8, 4) is 0 Å². The maximum absolute atomic E-state index is 11.9. The van der Waals surface area contributed by atoms with Crippen LogP contribution in [0.25, 0.3) is 0 Å². The molecule has 1 aromatic rings. The Bertz CT molecular complexity index is 454. The highest BCUT2D eigenvalue weighted by molar-refractivity contribution is 5.80. The molecule has 2 fully saturated rings. The Morgan fingerprint density at radius 3 is 2.94 bits per heavy atom. The lowest BCUT2D eigenvalue weighted by molar-refractivity contribution is -0.128. The molecule has 0 spiro atoms. The van der Waals surface area contributed by atoms with Crippen molar-refractivity contribution >= 4 is 5.91 Å². The van der Waals surface area contributed by atoms with Gasteiger partial charge in [-0.25, -0.2) is 0 Å². The van der Waals surface area contributed by atoms with Gasteiger partial charge < -0.3 is 4.90 Å². The molecule has 3 rings (SSSR count). The van der Waals surface area contributed by atoms with Gasteiger partial charge in [-0.2, -0.15) is 0 Å². The van der Waals surface area contributed by atoms with Crippen LogP contribution in [0.2, 0.25) is 0 Å². The molecule has 3 nitrogen and oxygen atoms in total. The van der Waals surface area contributed by atoms with Crippen LogP contribution in [0.5, 0.6) is 0 Å². The van der Waals surface area contributed by atoms with Gasteiger partial charge in [-0.15, -0.1) is 0 Å². The van der Waals surface area contributed by atoms with E-state index in [2.05, 4.69) is 36.5 Å². The number of hydrogen-bond acceptors (Lipinski definition) is 2. The van der Waals surface area contributed by atoms with E-state index in [1.54, 1.807) is 0 Å². The second-order valence-electron chi connectivity index (χ2n) is 5.52. The minimum atomic E-state index is 0.0798. The maximum atomic E-state index is 11.9. The molecule has 0 bridgehead atoms. The summed E-state index contributed by atoms with van der Waals surface area (Å²) in [5, 5.41) is 3.32. The molecular formula is C15H20N2O. The molecule has 1 saturated heterocycles. The molecule has 2 aliphatic rings. The van der Waals surface area contributed by atoms with Gasteiger partial charge in [0.1, 0.15) is 6.17 Å². The van der Waals surface area contributed by atoms with Crippen molar-refractivity contribution < 1.29 is 4.79 Å². The molecule has 1 aromatic carbocycles. The van der Waals surface area contributed by atoms with Gasteiger partial charge in [-0.3, -0.25) is 10.1 Å². The van der Waals surface area contributed by atoms with E-state index in [1.165, 1.54) is 24.0 Å². The minimum Gasteiger partial charge on any atom is -0.322 e. The van der Waals surface area contributed by atoms with Crippen molar-refractivity contribution in [2.45, 2.75) is 32.4 Å². The smallest absolute Gasteiger partial charge is 0.238 e. The second-order valence-corrected chi connectivity index (χ2v) is 5.52. The van der Waals surface area contributed by atoms with Gasteiger partial charge in [0.2, 0.25) is 5.91 Å². The molecule has 3 heteroatoms. The quantitative estimate of drug-likeness (QED) is 0.881. The van der Waals surface area contributed by atoms with Crippen molar-refractivity contribution in [1.29, 1.82) is 0 Å². The second kappa shape index (κ2) is 4.73. The summed E-state index contributed by atoms with van der Waals surface area (Å²) in [5.74, 6) is 1.11. The maximum Gasteiger partial charge on any atom is 0.238 e. The first-order valence-electron chi connectivity index (χ1n) is 6.83. The van der Waals surface area contributed by atoms with Gasteiger partial charge in [0.15, 0.2) is 0 Å². The van der Waals surface area contributed by atoms with E-state index < -0.39 is 0 Å². The Labute approximate surface area is 108 Å². The summed E-state index contributed by atoms with van der Waals surface area (Å²) in [5.41, 5.74) is 2.45. The molecule has 0 radical (unpaired) electrons. The van der Waals surface area contributed by atoms with E-state index in [0.29, 0.717) is 6.54 Å². The standard InChI is InChI=1S/C15H20N2O/c1-11-3-2-4-13(9-11)15-16-10-14(18)17(15)8-7-12-5-6-12/h2-4,9,12,15-16H,5-8,10H2,1H3. The molecule has 0 aromatic heterocycles. The lowest BCUT2D eigenvalue weighted by Gasteiger charge is -2.25. The molecule has 1 aliphatic heterocycles. The Balaban J connectivity index is 1.74. The fourth-order valence-corrected chi connectivity index (χ4v) is 2.66. The number of hydrogen-bond donors (Lipinski definition) is 1. The highest BCUT2D eigenvalue weighted by Crippen LogP contribution is 2.34. The summed E-state index contributed by atoms with van der Waals surface area (Å²) in [4.78, 5) is 13.9. The average Bonchev–Trinajstić information content (AvgIpc) is 3.11. The molecule has 18 heavy (non-hydrogen) atoms. The number of nitrogens with zero attached hydrogens (tertiary/aromatic N) is 1. The molecule has 1 heterocycles. The van der Waals surface area contributed by atoms with Crippen LogP contribution >= 0.6 is 0 Å². The number of benzene rings is 1. The van der Waals surface area contributed by atoms with E-state index in [0.717, 1.165) is 18.9 Å². The third-order valence-corrected chi connectivity index (χ3v) is 3.91. The normalized spacial score (nSPS) is 23.7. The van der Waals surface area contributed by atoms with E-state index in [1.807, 2.05) is 4.90 Å². The molecule has 1 amide bonds. The van der Waals surface area contributed by atoms with Crippen molar-refractivity contribution in [3.05, 3.63) is 35.4 Å². The van der Waals surface area contributed by atoms with Crippen molar-refractivity contribution in [2.75, 3.05) is 13.1 Å². The lowest BCUT2D eigenvalue weighted by atomic mass is 10.1. The Morgan fingerprint density at radius 1 is 1.39 bits per heavy atom. The van der Waals surface area contributed by atoms with E-state index >= 15 is 0 Å². The predicted molar refractivity (Wildman–Crippen MR) is 71.0 cm³/mol. The molecule has 1 atom stereocenters. The van der Waals surface area contributed by atoms with Crippen LogP contribution in [0.1, 0.15) is 36.6 Å². The molecule has 1 saturated carbocycles. The van der Waals surface area contributed by atoms with E-state index in [4.69, 9.17) is 0 Å². The van der Waals surface area contributed by atoms with Gasteiger partial charge in [0.05, 0.1) is 6.54 Å². The topological polar surface area (TPSA) is 32.3 Å². The summed E-state index contributed by atoms with van der Waals surface area (Å²) in [6.45, 7) is 3.47. The molecular weight excluding hydrogens is 224 g/mol. The van der Waals surface area contributed by atoms with Crippen molar-refractivity contribution in [1.82, 2.24) is 10.2 Å². The number of carbonyl (C=O) groups is 1. The van der Waals surface area contributed by atoms with Gasteiger partial charge in [-0.1, -0.05) is 42.7 Å². The van der Waals surface area contributed by atoms with E-state index in [9.17, 15) is 4.79 Å². The molecule has 96 valence electrons. The lowest BCUT2D eigenvalue weighted by Crippen LogP contribution is -2.31. The average molecular weight is 244 g/mol. The SMILES string of the molecule is Cc1cccc(C2NCC(=O)N2CCC2CC2)c1. The third-order valence-electron chi connectivity index (χ3n) is 3.91. The summed E-state index contributed by atoms with van der Waals surface area (Å²) in [7, 11) is 0. The number of aryl methyl sites for hydroxylation is 1. The molecule has 1 aliphatic carbocycles. The summed E-state index contributed by atoms with van der Waals surface area (Å²) in [6.07, 6.45) is 3.95. The van der Waals surface area contributed by atoms with Crippen molar-refractivity contribution in [3.63, 3.8) is 0 Å². The van der Waals surface area contributed by atoms with Gasteiger partial charge in [0, 0.05) is 6.54 Å². The molecule has 1 unspecified atom stereocenters. The number of nitrogens with one attached hydrogen (secondary N) is 1. The van der Waals surface area contributed by atoms with Crippen LogP contribution < -0.4 is 5.32 Å². The highest BCUT2D eigenvalue weighted by atomic mass is 16.2. The number of rotatable bonds is 4. The van der Waals surface area contributed by atoms with Crippen LogP contribution in [-0.4, -0.2) is 23.9 Å². The zero-order chi connectivity index (χ0) is 12.5.